The van der Waals surface area contributed by atoms with Crippen molar-refractivity contribution in [1.82, 2.24) is 4.57 Å². The summed E-state index contributed by atoms with van der Waals surface area (Å²) in [7, 11) is 0.381. The molecule has 0 aliphatic rings. The SMILES string of the molecule is C=CCCc1cc2cc(CO[Si](C)(C)C(C)(C)C)n(C)c2cc1C=C. The monoisotopic (exact) mass is 355 g/mol. The fraction of sp³-hybridized carbons (Fsp3) is 0.455. The largest absolute Gasteiger partial charge is 0.411 e. The molecule has 0 bridgehead atoms. The molecule has 2 nitrogen and oxygen atoms in total. The number of aromatic nitrogens is 1. The standard InChI is InChI=1S/C22H33NOSi/c1-9-11-12-18-13-19-14-20(16-24-25(7,8)22(3,4)5)23(6)21(19)15-17(18)10-2/h9-10,13-15H,1-2,11-12,16H2,3-8H3. The molecule has 0 unspecified atom stereocenters. The minimum atomic E-state index is -1.75. The van der Waals surface area contributed by atoms with Gasteiger partial charge in [-0.25, -0.2) is 0 Å². The predicted octanol–water partition coefficient (Wildman–Crippen LogP) is 6.46. The van der Waals surface area contributed by atoms with Crippen LogP contribution in [-0.4, -0.2) is 12.9 Å². The van der Waals surface area contributed by atoms with Crippen LogP contribution in [-0.2, 0) is 24.5 Å². The van der Waals surface area contributed by atoms with Crippen molar-refractivity contribution in [3.63, 3.8) is 0 Å². The third kappa shape index (κ3) is 4.16. The summed E-state index contributed by atoms with van der Waals surface area (Å²) < 4.78 is 8.68. The number of aryl methyl sites for hydroxylation is 2. The van der Waals surface area contributed by atoms with Gasteiger partial charge in [-0.1, -0.05) is 39.5 Å². The molecule has 1 aromatic heterocycles. The molecule has 25 heavy (non-hydrogen) atoms. The number of fused-ring (bicyclic) bond motifs is 1. The molecule has 0 N–H and O–H groups in total. The lowest BCUT2D eigenvalue weighted by molar-refractivity contribution is 0.269. The minimum Gasteiger partial charge on any atom is -0.411 e. The zero-order valence-electron chi connectivity index (χ0n) is 16.8. The van der Waals surface area contributed by atoms with Crippen molar-refractivity contribution in [2.24, 2.45) is 7.05 Å². The van der Waals surface area contributed by atoms with E-state index in [0.717, 1.165) is 12.8 Å². The first kappa shape index (κ1) is 19.7. The van der Waals surface area contributed by atoms with Crippen LogP contribution < -0.4 is 0 Å². The molecule has 0 atom stereocenters. The number of hydrogen-bond donors (Lipinski definition) is 0. The lowest BCUT2D eigenvalue weighted by atomic mass is 10.0. The second kappa shape index (κ2) is 7.34. The summed E-state index contributed by atoms with van der Waals surface area (Å²) in [6.45, 7) is 19.9. The second-order valence-corrected chi connectivity index (χ2v) is 13.2. The number of benzene rings is 1. The average molecular weight is 356 g/mol. The number of allylic oxidation sites excluding steroid dienone is 1. The van der Waals surface area contributed by atoms with E-state index in [1.807, 2.05) is 12.2 Å². The first-order valence-electron chi connectivity index (χ1n) is 9.09. The van der Waals surface area contributed by atoms with Crippen LogP contribution in [0.2, 0.25) is 18.1 Å². The maximum absolute atomic E-state index is 6.43. The van der Waals surface area contributed by atoms with Gasteiger partial charge in [-0.3, -0.25) is 0 Å². The number of hydrogen-bond acceptors (Lipinski definition) is 1. The lowest BCUT2D eigenvalue weighted by Gasteiger charge is -2.36. The van der Waals surface area contributed by atoms with Gasteiger partial charge in [0.1, 0.15) is 0 Å². The Hall–Kier alpha value is -1.58. The summed E-state index contributed by atoms with van der Waals surface area (Å²) in [6.07, 6.45) is 5.92. The van der Waals surface area contributed by atoms with Crippen molar-refractivity contribution in [2.45, 2.75) is 58.4 Å². The van der Waals surface area contributed by atoms with Crippen LogP contribution >= 0.6 is 0 Å². The fourth-order valence-electron chi connectivity index (χ4n) is 2.78. The molecule has 0 aliphatic carbocycles. The topological polar surface area (TPSA) is 14.2 Å². The van der Waals surface area contributed by atoms with E-state index >= 15 is 0 Å². The van der Waals surface area contributed by atoms with Gasteiger partial charge in [0.25, 0.3) is 0 Å². The van der Waals surface area contributed by atoms with Crippen LogP contribution in [0.4, 0.5) is 0 Å². The Morgan fingerprint density at radius 2 is 1.84 bits per heavy atom. The molecule has 1 aromatic carbocycles. The quantitative estimate of drug-likeness (QED) is 0.410. The summed E-state index contributed by atoms with van der Waals surface area (Å²) in [5, 5.41) is 1.51. The number of rotatable bonds is 7. The Morgan fingerprint density at radius 1 is 1.16 bits per heavy atom. The molecule has 0 radical (unpaired) electrons. The molecule has 0 spiro atoms. The van der Waals surface area contributed by atoms with Crippen LogP contribution in [0.1, 0.15) is 44.0 Å². The Kier molecular flexibility index (Phi) is 5.80. The zero-order chi connectivity index (χ0) is 18.8. The first-order chi connectivity index (χ1) is 11.6. The Bertz CT molecular complexity index is 777. The number of nitrogens with zero attached hydrogens (tertiary/aromatic N) is 1. The molecular formula is C22H33NOSi. The van der Waals surface area contributed by atoms with Gasteiger partial charge in [0.2, 0.25) is 0 Å². The molecule has 0 aliphatic heterocycles. The van der Waals surface area contributed by atoms with E-state index in [2.05, 4.69) is 76.8 Å². The molecule has 0 amide bonds. The molecule has 0 saturated heterocycles. The molecule has 1 heterocycles. The van der Waals surface area contributed by atoms with Gasteiger partial charge in [0.15, 0.2) is 8.32 Å². The van der Waals surface area contributed by atoms with Gasteiger partial charge in [-0.15, -0.1) is 6.58 Å². The van der Waals surface area contributed by atoms with E-state index in [-0.39, 0.29) is 5.04 Å². The average Bonchev–Trinajstić information content (AvgIpc) is 2.84. The Morgan fingerprint density at radius 3 is 2.40 bits per heavy atom. The highest BCUT2D eigenvalue weighted by atomic mass is 28.4. The van der Waals surface area contributed by atoms with Crippen molar-refractivity contribution in [3.8, 4) is 0 Å². The van der Waals surface area contributed by atoms with Crippen LogP contribution in [0.5, 0.6) is 0 Å². The third-order valence-corrected chi connectivity index (χ3v) is 10.1. The zero-order valence-corrected chi connectivity index (χ0v) is 17.8. The minimum absolute atomic E-state index is 0.228. The summed E-state index contributed by atoms with van der Waals surface area (Å²) >= 11 is 0. The normalized spacial score (nSPS) is 12.6. The smallest absolute Gasteiger partial charge is 0.192 e. The fourth-order valence-corrected chi connectivity index (χ4v) is 3.72. The molecular weight excluding hydrogens is 322 g/mol. The Labute approximate surface area is 154 Å². The van der Waals surface area contributed by atoms with Crippen molar-refractivity contribution >= 4 is 25.3 Å². The molecule has 136 valence electrons. The maximum atomic E-state index is 6.43. The molecule has 0 fully saturated rings. The summed E-state index contributed by atoms with van der Waals surface area (Å²) in [4.78, 5) is 0. The first-order valence-corrected chi connectivity index (χ1v) is 12.0. The van der Waals surface area contributed by atoms with Crippen molar-refractivity contribution in [1.29, 1.82) is 0 Å². The van der Waals surface area contributed by atoms with Gasteiger partial charge < -0.3 is 8.99 Å². The molecule has 0 saturated carbocycles. The van der Waals surface area contributed by atoms with Gasteiger partial charge in [0, 0.05) is 23.6 Å². The highest BCUT2D eigenvalue weighted by Crippen LogP contribution is 2.37. The van der Waals surface area contributed by atoms with Crippen LogP contribution in [0.15, 0.2) is 37.4 Å². The van der Waals surface area contributed by atoms with Crippen LogP contribution in [0.3, 0.4) is 0 Å². The van der Waals surface area contributed by atoms with Gasteiger partial charge >= 0.3 is 0 Å². The van der Waals surface area contributed by atoms with Gasteiger partial charge in [-0.2, -0.15) is 0 Å². The van der Waals surface area contributed by atoms with E-state index < -0.39 is 8.32 Å². The maximum Gasteiger partial charge on any atom is 0.192 e. The van der Waals surface area contributed by atoms with Crippen LogP contribution in [0, 0.1) is 0 Å². The third-order valence-electron chi connectivity index (χ3n) is 5.63. The van der Waals surface area contributed by atoms with Crippen molar-refractivity contribution < 1.29 is 4.43 Å². The van der Waals surface area contributed by atoms with E-state index in [9.17, 15) is 0 Å². The lowest BCUT2D eigenvalue weighted by Crippen LogP contribution is -2.40. The van der Waals surface area contributed by atoms with Gasteiger partial charge in [-0.05, 0) is 60.3 Å². The van der Waals surface area contributed by atoms with E-state index in [1.54, 1.807) is 0 Å². The van der Waals surface area contributed by atoms with E-state index in [0.29, 0.717) is 6.61 Å². The highest BCUT2D eigenvalue weighted by Gasteiger charge is 2.37. The summed E-state index contributed by atoms with van der Waals surface area (Å²) in [5.41, 5.74) is 5.03. The van der Waals surface area contributed by atoms with Crippen LogP contribution in [0.25, 0.3) is 17.0 Å². The van der Waals surface area contributed by atoms with E-state index in [1.165, 1.54) is 27.7 Å². The Balaban J connectivity index is 2.35. The molecule has 2 aromatic rings. The highest BCUT2D eigenvalue weighted by molar-refractivity contribution is 6.74. The second-order valence-electron chi connectivity index (χ2n) is 8.38. The van der Waals surface area contributed by atoms with Crippen molar-refractivity contribution in [3.05, 3.63) is 54.3 Å². The van der Waals surface area contributed by atoms with Crippen molar-refractivity contribution in [2.75, 3.05) is 0 Å². The predicted molar refractivity (Wildman–Crippen MR) is 114 cm³/mol. The summed E-state index contributed by atoms with van der Waals surface area (Å²) in [5.74, 6) is 0. The summed E-state index contributed by atoms with van der Waals surface area (Å²) in [6, 6.07) is 6.81. The van der Waals surface area contributed by atoms with E-state index in [4.69, 9.17) is 4.43 Å². The molecule has 2 rings (SSSR count). The van der Waals surface area contributed by atoms with Gasteiger partial charge in [0.05, 0.1) is 6.61 Å². The molecule has 3 heteroatoms.